The van der Waals surface area contributed by atoms with Gasteiger partial charge in [-0.1, -0.05) is 125 Å². The highest BCUT2D eigenvalue weighted by Gasteiger charge is 2.19. The van der Waals surface area contributed by atoms with Gasteiger partial charge in [0.1, 0.15) is 0 Å². The summed E-state index contributed by atoms with van der Waals surface area (Å²) in [6.07, 6.45) is 7.98. The topological polar surface area (TPSA) is 38.7 Å². The van der Waals surface area contributed by atoms with E-state index in [2.05, 4.69) is 152 Å². The molecule has 0 aliphatic heterocycles. The quantitative estimate of drug-likeness (QED) is 0.240. The third-order valence-electron chi connectivity index (χ3n) is 8.47. The molecule has 0 bridgehead atoms. The van der Waals surface area contributed by atoms with E-state index < -0.39 is 0 Å². The fourth-order valence-electron chi connectivity index (χ4n) is 6.29. The van der Waals surface area contributed by atoms with Crippen LogP contribution >= 0.6 is 0 Å². The van der Waals surface area contributed by atoms with Gasteiger partial charge in [0.05, 0.1) is 0 Å². The number of pyridine rings is 3. The molecule has 3 nitrogen and oxygen atoms in total. The molecular weight excluding hydrogens is 546 g/mol. The van der Waals surface area contributed by atoms with Crippen LogP contribution in [0.3, 0.4) is 0 Å². The van der Waals surface area contributed by atoms with Crippen LogP contribution in [-0.4, -0.2) is 15.0 Å². The van der Waals surface area contributed by atoms with Crippen LogP contribution in [0.4, 0.5) is 0 Å². The molecule has 3 aromatic rings. The number of nitrogens with zero attached hydrogens (tertiary/aromatic N) is 3. The van der Waals surface area contributed by atoms with E-state index >= 15 is 0 Å². The first-order valence-electron chi connectivity index (χ1n) is 17.8. The van der Waals surface area contributed by atoms with Crippen LogP contribution in [0.5, 0.6) is 0 Å². The third kappa shape index (κ3) is 11.3. The van der Waals surface area contributed by atoms with E-state index in [1.165, 1.54) is 50.3 Å². The summed E-state index contributed by atoms with van der Waals surface area (Å²) in [4.78, 5) is 13.5. The van der Waals surface area contributed by atoms with Crippen LogP contribution in [0.15, 0.2) is 36.9 Å². The van der Waals surface area contributed by atoms with Crippen LogP contribution in [0.25, 0.3) is 0 Å². The van der Waals surface area contributed by atoms with Gasteiger partial charge in [-0.2, -0.15) is 0 Å². The van der Waals surface area contributed by atoms with Gasteiger partial charge in [-0.25, -0.2) is 0 Å². The fourth-order valence-corrected chi connectivity index (χ4v) is 6.29. The second-order valence-electron chi connectivity index (χ2n) is 15.5. The molecule has 3 heterocycles. The van der Waals surface area contributed by atoms with Gasteiger partial charge in [-0.05, 0) is 104 Å². The van der Waals surface area contributed by atoms with E-state index in [4.69, 9.17) is 0 Å². The lowest BCUT2D eigenvalue weighted by molar-refractivity contribution is 0.723. The summed E-state index contributed by atoms with van der Waals surface area (Å²) in [6.45, 7) is 40.5. The lowest BCUT2D eigenvalue weighted by Gasteiger charge is -2.21. The molecule has 0 fully saturated rings. The van der Waals surface area contributed by atoms with Gasteiger partial charge in [0, 0.05) is 36.2 Å². The molecule has 252 valence electrons. The predicted octanol–water partition coefficient (Wildman–Crippen LogP) is 13.4. The summed E-state index contributed by atoms with van der Waals surface area (Å²) >= 11 is 0. The standard InChI is InChI=1S/3C14H23N/c1-9(2)12-7-15-8-13(10(3)4)14(12)11(5)6;2*1-9(2)12-7-8-15-14(11(5)6)13(12)10(3)4/h3*7-11H,1-6H3. The van der Waals surface area contributed by atoms with E-state index in [1.54, 1.807) is 0 Å². The van der Waals surface area contributed by atoms with Crippen molar-refractivity contribution in [3.05, 3.63) is 87.3 Å². The summed E-state index contributed by atoms with van der Waals surface area (Å²) in [5.41, 5.74) is 12.7. The van der Waals surface area contributed by atoms with Crippen LogP contribution in [-0.2, 0) is 0 Å². The zero-order chi connectivity index (χ0) is 34.8. The van der Waals surface area contributed by atoms with Crippen LogP contribution < -0.4 is 0 Å². The molecule has 3 heteroatoms. The van der Waals surface area contributed by atoms with Crippen molar-refractivity contribution in [1.29, 1.82) is 0 Å². The van der Waals surface area contributed by atoms with E-state index in [-0.39, 0.29) is 0 Å². The number of rotatable bonds is 9. The molecule has 0 unspecified atom stereocenters. The zero-order valence-corrected chi connectivity index (χ0v) is 32.5. The van der Waals surface area contributed by atoms with Crippen molar-refractivity contribution in [1.82, 2.24) is 15.0 Å². The Kier molecular flexibility index (Phi) is 16.7. The smallest absolute Gasteiger partial charge is 0.0466 e. The van der Waals surface area contributed by atoms with Gasteiger partial charge in [-0.15, -0.1) is 0 Å². The van der Waals surface area contributed by atoms with Gasteiger partial charge in [0.15, 0.2) is 0 Å². The summed E-state index contributed by atoms with van der Waals surface area (Å²) in [5, 5.41) is 0. The fraction of sp³-hybridized carbons (Fsp3) is 0.643. The minimum Gasteiger partial charge on any atom is -0.264 e. The second-order valence-corrected chi connectivity index (χ2v) is 15.5. The highest BCUT2D eigenvalue weighted by molar-refractivity contribution is 5.39. The van der Waals surface area contributed by atoms with Crippen molar-refractivity contribution >= 4 is 0 Å². The molecule has 45 heavy (non-hydrogen) atoms. The average Bonchev–Trinajstić information content (AvgIpc) is 2.96. The van der Waals surface area contributed by atoms with Gasteiger partial charge in [0.2, 0.25) is 0 Å². The molecule has 3 aromatic heterocycles. The Labute approximate surface area is 279 Å². The Morgan fingerprint density at radius 1 is 0.333 bits per heavy atom. The lowest BCUT2D eigenvalue weighted by Crippen LogP contribution is -2.07. The molecule has 0 saturated carbocycles. The maximum Gasteiger partial charge on any atom is 0.0466 e. The molecular formula is C42H69N3. The van der Waals surface area contributed by atoms with Crippen molar-refractivity contribution in [3.63, 3.8) is 0 Å². The Balaban J connectivity index is 0.000000337. The Bertz CT molecular complexity index is 1050. The second kappa shape index (κ2) is 18.6. The van der Waals surface area contributed by atoms with E-state index in [0.717, 1.165) is 0 Å². The third-order valence-corrected chi connectivity index (χ3v) is 8.47. The maximum absolute atomic E-state index is 4.54. The van der Waals surface area contributed by atoms with Gasteiger partial charge < -0.3 is 0 Å². The molecule has 0 saturated heterocycles. The lowest BCUT2D eigenvalue weighted by atomic mass is 9.85. The van der Waals surface area contributed by atoms with Crippen molar-refractivity contribution in [2.75, 3.05) is 0 Å². The van der Waals surface area contributed by atoms with Gasteiger partial charge >= 0.3 is 0 Å². The molecule has 0 N–H and O–H groups in total. The summed E-state index contributed by atoms with van der Waals surface area (Å²) in [5.74, 6) is 5.04. The van der Waals surface area contributed by atoms with Crippen molar-refractivity contribution in [2.24, 2.45) is 0 Å². The summed E-state index contributed by atoms with van der Waals surface area (Å²) < 4.78 is 0. The van der Waals surface area contributed by atoms with Gasteiger partial charge in [0.25, 0.3) is 0 Å². The van der Waals surface area contributed by atoms with E-state index in [9.17, 15) is 0 Å². The molecule has 0 aromatic carbocycles. The Morgan fingerprint density at radius 2 is 0.622 bits per heavy atom. The van der Waals surface area contributed by atoms with Gasteiger partial charge in [-0.3, -0.25) is 15.0 Å². The summed E-state index contributed by atoms with van der Waals surface area (Å²) in [7, 11) is 0. The number of hydrogen-bond acceptors (Lipinski definition) is 3. The molecule has 3 rings (SSSR count). The molecule has 0 amide bonds. The van der Waals surface area contributed by atoms with Crippen molar-refractivity contribution < 1.29 is 0 Å². The highest BCUT2D eigenvalue weighted by Crippen LogP contribution is 2.34. The normalized spacial score (nSPS) is 11.8. The molecule has 0 radical (unpaired) electrons. The molecule has 0 aliphatic carbocycles. The molecule has 0 aliphatic rings. The first kappa shape index (κ1) is 40.5. The molecule has 0 spiro atoms. The molecule has 0 atom stereocenters. The first-order valence-corrected chi connectivity index (χ1v) is 17.8. The highest BCUT2D eigenvalue weighted by atomic mass is 14.7. The maximum atomic E-state index is 4.54. The Hall–Kier alpha value is -2.55. The van der Waals surface area contributed by atoms with Crippen LogP contribution in [0.2, 0.25) is 0 Å². The minimum atomic E-state index is 0.515. The summed E-state index contributed by atoms with van der Waals surface area (Å²) in [6, 6.07) is 4.34. The predicted molar refractivity (Wildman–Crippen MR) is 200 cm³/mol. The van der Waals surface area contributed by atoms with E-state index in [1.807, 2.05) is 24.8 Å². The number of aromatic nitrogens is 3. The van der Waals surface area contributed by atoms with Crippen molar-refractivity contribution in [3.8, 4) is 0 Å². The van der Waals surface area contributed by atoms with E-state index in [0.29, 0.717) is 53.3 Å². The Morgan fingerprint density at radius 3 is 0.844 bits per heavy atom. The number of hydrogen-bond donors (Lipinski definition) is 0. The average molecular weight is 616 g/mol. The van der Waals surface area contributed by atoms with Crippen LogP contribution in [0.1, 0.15) is 228 Å². The zero-order valence-electron chi connectivity index (χ0n) is 32.5. The van der Waals surface area contributed by atoms with Crippen LogP contribution in [0, 0.1) is 0 Å². The monoisotopic (exact) mass is 616 g/mol. The SMILES string of the molecule is CC(C)c1ccnc(C(C)C)c1C(C)C.CC(C)c1ccnc(C(C)C)c1C(C)C.CC(C)c1cncc(C(C)C)c1C(C)C. The largest absolute Gasteiger partial charge is 0.264 e. The minimum absolute atomic E-state index is 0.515. The van der Waals surface area contributed by atoms with Crippen molar-refractivity contribution in [2.45, 2.75) is 178 Å². The first-order chi connectivity index (χ1) is 20.8.